The van der Waals surface area contributed by atoms with E-state index in [-0.39, 0.29) is 0 Å². The number of rotatable bonds is 2. The van der Waals surface area contributed by atoms with E-state index in [4.69, 9.17) is 0 Å². The van der Waals surface area contributed by atoms with Gasteiger partial charge in [0, 0.05) is 56.0 Å². The zero-order valence-corrected chi connectivity index (χ0v) is 21.6. The van der Waals surface area contributed by atoms with Crippen molar-refractivity contribution in [3.63, 3.8) is 0 Å². The molecule has 3 nitrogen and oxygen atoms in total. The highest BCUT2D eigenvalue weighted by Crippen LogP contribution is 2.42. The third-order valence-corrected chi connectivity index (χ3v) is 8.34. The van der Waals surface area contributed by atoms with Gasteiger partial charge in [-0.1, -0.05) is 78.9 Å². The van der Waals surface area contributed by atoms with Crippen LogP contribution in [0.2, 0.25) is 0 Å². The van der Waals surface area contributed by atoms with Crippen LogP contribution in [0.4, 0.5) is 0 Å². The smallest absolute Gasteiger partial charge is 0.0547 e. The van der Waals surface area contributed by atoms with Crippen molar-refractivity contribution < 1.29 is 0 Å². The van der Waals surface area contributed by atoms with Gasteiger partial charge in [0.15, 0.2) is 0 Å². The number of hydrogen-bond donors (Lipinski definition) is 0. The van der Waals surface area contributed by atoms with Gasteiger partial charge in [0.1, 0.15) is 0 Å². The van der Waals surface area contributed by atoms with Gasteiger partial charge < -0.3 is 8.97 Å². The lowest BCUT2D eigenvalue weighted by Crippen LogP contribution is -1.95. The van der Waals surface area contributed by atoms with Crippen molar-refractivity contribution in [2.24, 2.45) is 0 Å². The predicted octanol–water partition coefficient (Wildman–Crippen LogP) is 9.56. The summed E-state index contributed by atoms with van der Waals surface area (Å²) < 4.78 is 4.84. The highest BCUT2D eigenvalue weighted by Gasteiger charge is 2.19. The Morgan fingerprint density at radius 3 is 2.02 bits per heavy atom. The Labute approximate surface area is 230 Å². The van der Waals surface area contributed by atoms with Crippen LogP contribution in [0.1, 0.15) is 0 Å². The third-order valence-electron chi connectivity index (χ3n) is 8.34. The van der Waals surface area contributed by atoms with Crippen molar-refractivity contribution in [3.8, 4) is 16.8 Å². The van der Waals surface area contributed by atoms with Crippen molar-refractivity contribution in [1.82, 2.24) is 14.0 Å². The molecule has 4 heterocycles. The normalized spacial score (nSPS) is 12.0. The summed E-state index contributed by atoms with van der Waals surface area (Å²) in [5.74, 6) is 0. The molecule has 0 amide bonds. The number of hydrogen-bond acceptors (Lipinski definition) is 1. The second-order valence-corrected chi connectivity index (χ2v) is 10.5. The van der Waals surface area contributed by atoms with E-state index in [0.717, 1.165) is 16.8 Å². The molecule has 0 saturated carbocycles. The van der Waals surface area contributed by atoms with Gasteiger partial charge in [0.25, 0.3) is 0 Å². The second kappa shape index (κ2) is 8.05. The molecule has 5 aromatic carbocycles. The molecule has 0 N–H and O–H groups in total. The van der Waals surface area contributed by atoms with Gasteiger partial charge in [-0.05, 0) is 54.1 Å². The van der Waals surface area contributed by atoms with Crippen LogP contribution >= 0.6 is 0 Å². The standard InChI is InChI=1S/C37H23N3/c1-4-15-31-25(9-1)22-35-30-18-19-34-37(36(30)28-13-2-6-17-33(28)40(31)35)29-14-3-5-16-32(29)39(34)27-12-7-10-24(21-27)26-11-8-20-38-23-26/h1-23H. The summed E-state index contributed by atoms with van der Waals surface area (Å²) >= 11 is 0. The maximum atomic E-state index is 4.35. The molecule has 186 valence electrons. The van der Waals surface area contributed by atoms with E-state index >= 15 is 0 Å². The molecule has 0 radical (unpaired) electrons. The number of benzene rings is 5. The van der Waals surface area contributed by atoms with E-state index in [9.17, 15) is 0 Å². The minimum Gasteiger partial charge on any atom is -0.309 e. The molecule has 0 atom stereocenters. The van der Waals surface area contributed by atoms with Gasteiger partial charge in [-0.3, -0.25) is 4.98 Å². The maximum Gasteiger partial charge on any atom is 0.0547 e. The number of pyridine rings is 2. The molecule has 0 aliphatic heterocycles. The molecule has 4 aromatic heterocycles. The molecule has 9 rings (SSSR count). The largest absolute Gasteiger partial charge is 0.309 e. The van der Waals surface area contributed by atoms with E-state index in [0.29, 0.717) is 0 Å². The monoisotopic (exact) mass is 509 g/mol. The van der Waals surface area contributed by atoms with Crippen molar-refractivity contribution in [3.05, 3.63) is 140 Å². The lowest BCUT2D eigenvalue weighted by Gasteiger charge is -2.13. The van der Waals surface area contributed by atoms with Crippen LogP contribution in [0.3, 0.4) is 0 Å². The summed E-state index contributed by atoms with van der Waals surface area (Å²) in [4.78, 5) is 4.35. The fourth-order valence-electron chi connectivity index (χ4n) is 6.68. The summed E-state index contributed by atoms with van der Waals surface area (Å²) in [5, 5.41) is 7.67. The molecule has 3 heteroatoms. The number of nitrogens with zero attached hydrogens (tertiary/aromatic N) is 3. The van der Waals surface area contributed by atoms with Crippen LogP contribution in [0.5, 0.6) is 0 Å². The Balaban J connectivity index is 1.47. The van der Waals surface area contributed by atoms with Gasteiger partial charge in [-0.25, -0.2) is 0 Å². The van der Waals surface area contributed by atoms with Gasteiger partial charge in [0.05, 0.1) is 27.6 Å². The molecule has 40 heavy (non-hydrogen) atoms. The average Bonchev–Trinajstić information content (AvgIpc) is 3.58. The van der Waals surface area contributed by atoms with Crippen molar-refractivity contribution in [1.29, 1.82) is 0 Å². The molecule has 0 bridgehead atoms. The molecule has 0 fully saturated rings. The van der Waals surface area contributed by atoms with E-state index in [2.05, 4.69) is 135 Å². The van der Waals surface area contributed by atoms with Crippen LogP contribution in [0.25, 0.3) is 76.7 Å². The second-order valence-electron chi connectivity index (χ2n) is 10.5. The van der Waals surface area contributed by atoms with Crippen LogP contribution in [0.15, 0.2) is 140 Å². The Bertz CT molecular complexity index is 2430. The average molecular weight is 510 g/mol. The quantitative estimate of drug-likeness (QED) is 0.213. The topological polar surface area (TPSA) is 22.2 Å². The molecule has 9 aromatic rings. The highest BCUT2D eigenvalue weighted by atomic mass is 15.0. The van der Waals surface area contributed by atoms with E-state index < -0.39 is 0 Å². The molecule has 0 saturated heterocycles. The zero-order chi connectivity index (χ0) is 26.2. The summed E-state index contributed by atoms with van der Waals surface area (Å²) in [6.45, 7) is 0. The Morgan fingerprint density at radius 1 is 0.450 bits per heavy atom. The Hall–Kier alpha value is -5.41. The van der Waals surface area contributed by atoms with Gasteiger partial charge in [-0.15, -0.1) is 0 Å². The van der Waals surface area contributed by atoms with Crippen LogP contribution in [-0.4, -0.2) is 14.0 Å². The first kappa shape index (κ1) is 21.5. The first-order chi connectivity index (χ1) is 19.9. The predicted molar refractivity (Wildman–Crippen MR) is 167 cm³/mol. The van der Waals surface area contributed by atoms with Gasteiger partial charge >= 0.3 is 0 Å². The summed E-state index contributed by atoms with van der Waals surface area (Å²) in [7, 11) is 0. The van der Waals surface area contributed by atoms with Gasteiger partial charge in [0.2, 0.25) is 0 Å². The summed E-state index contributed by atoms with van der Waals surface area (Å²) in [6, 6.07) is 46.2. The number of aromatic nitrogens is 3. The first-order valence-corrected chi connectivity index (χ1v) is 13.6. The fraction of sp³-hybridized carbons (Fsp3) is 0. The van der Waals surface area contributed by atoms with Crippen molar-refractivity contribution in [2.45, 2.75) is 0 Å². The third kappa shape index (κ3) is 2.86. The molecular weight excluding hydrogens is 486 g/mol. The zero-order valence-electron chi connectivity index (χ0n) is 21.6. The maximum absolute atomic E-state index is 4.35. The van der Waals surface area contributed by atoms with Crippen LogP contribution in [0, 0.1) is 0 Å². The van der Waals surface area contributed by atoms with Gasteiger partial charge in [-0.2, -0.15) is 0 Å². The highest BCUT2D eigenvalue weighted by molar-refractivity contribution is 6.31. The van der Waals surface area contributed by atoms with Crippen LogP contribution in [-0.2, 0) is 0 Å². The van der Waals surface area contributed by atoms with Crippen LogP contribution < -0.4 is 0 Å². The Kier molecular flexibility index (Phi) is 4.33. The van der Waals surface area contributed by atoms with Crippen molar-refractivity contribution in [2.75, 3.05) is 0 Å². The molecule has 0 aliphatic rings. The van der Waals surface area contributed by atoms with E-state index in [1.165, 1.54) is 59.9 Å². The fourth-order valence-corrected chi connectivity index (χ4v) is 6.68. The van der Waals surface area contributed by atoms with Crippen molar-refractivity contribution >= 4 is 59.9 Å². The first-order valence-electron chi connectivity index (χ1n) is 13.6. The Morgan fingerprint density at radius 2 is 1.18 bits per heavy atom. The minimum absolute atomic E-state index is 1.12. The molecule has 0 spiro atoms. The summed E-state index contributed by atoms with van der Waals surface area (Å²) in [5.41, 5.74) is 9.55. The lowest BCUT2D eigenvalue weighted by molar-refractivity contribution is 1.18. The van der Waals surface area contributed by atoms with E-state index in [1.807, 2.05) is 18.5 Å². The lowest BCUT2D eigenvalue weighted by atomic mass is 9.99. The SMILES string of the molecule is c1cncc(-c2cccc(-n3c4ccccc4c4c5c6ccccc6n6c7ccccc7cc6c5ccc43)c2)c1. The number of fused-ring (bicyclic) bond motifs is 12. The molecule has 0 unspecified atom stereocenters. The number of para-hydroxylation sites is 3. The molecule has 0 aliphatic carbocycles. The molecular formula is C37H23N3. The summed E-state index contributed by atoms with van der Waals surface area (Å²) in [6.07, 6.45) is 3.75. The minimum atomic E-state index is 1.12. The van der Waals surface area contributed by atoms with E-state index in [1.54, 1.807) is 0 Å².